The van der Waals surface area contributed by atoms with Gasteiger partial charge in [0.25, 0.3) is 0 Å². The average molecular weight is 400 g/mol. The van der Waals surface area contributed by atoms with Gasteiger partial charge in [-0.05, 0) is 57.8 Å². The number of para-hydroxylation sites is 2. The Morgan fingerprint density at radius 3 is 2.39 bits per heavy atom. The van der Waals surface area contributed by atoms with Gasteiger partial charge in [-0.3, -0.25) is 0 Å². The monoisotopic (exact) mass is 400 g/mol. The molecule has 2 aromatic heterocycles. The zero-order valence-electron chi connectivity index (χ0n) is 16.9. The molecule has 0 atom stereocenters. The van der Waals surface area contributed by atoms with Gasteiger partial charge in [-0.15, -0.1) is 0 Å². The SMILES string of the molecule is c1ccc2c(c1)ncn2Cc1ccc(-c2ccc3cc(-n4ccnc4)ccc3c2)cc1. The van der Waals surface area contributed by atoms with Gasteiger partial charge >= 0.3 is 0 Å². The predicted molar refractivity (Wildman–Crippen MR) is 125 cm³/mol. The first-order valence-corrected chi connectivity index (χ1v) is 10.3. The van der Waals surface area contributed by atoms with Crippen LogP contribution in [0, 0.1) is 0 Å². The molecule has 0 saturated heterocycles. The molecule has 0 amide bonds. The fourth-order valence-electron chi connectivity index (χ4n) is 4.12. The highest BCUT2D eigenvalue weighted by Gasteiger charge is 2.05. The molecule has 0 aliphatic heterocycles. The van der Waals surface area contributed by atoms with E-state index in [1.807, 2.05) is 35.6 Å². The number of imidazole rings is 2. The largest absolute Gasteiger partial charge is 0.326 e. The van der Waals surface area contributed by atoms with Crippen molar-refractivity contribution >= 4 is 21.8 Å². The minimum absolute atomic E-state index is 0.815. The number of rotatable bonds is 4. The van der Waals surface area contributed by atoms with Crippen LogP contribution >= 0.6 is 0 Å². The number of hydrogen-bond acceptors (Lipinski definition) is 2. The van der Waals surface area contributed by atoms with Crippen molar-refractivity contribution in [3.05, 3.63) is 116 Å². The molecule has 0 bridgehead atoms. The van der Waals surface area contributed by atoms with Crippen LogP contribution in [0.1, 0.15) is 5.56 Å². The van der Waals surface area contributed by atoms with Crippen LogP contribution in [0.25, 0.3) is 38.6 Å². The van der Waals surface area contributed by atoms with E-state index in [1.54, 1.807) is 6.20 Å². The summed E-state index contributed by atoms with van der Waals surface area (Å²) in [5.74, 6) is 0. The molecule has 0 fully saturated rings. The Morgan fingerprint density at radius 1 is 0.710 bits per heavy atom. The van der Waals surface area contributed by atoms with Crippen LogP contribution in [0.3, 0.4) is 0 Å². The number of fused-ring (bicyclic) bond motifs is 2. The summed E-state index contributed by atoms with van der Waals surface area (Å²) in [7, 11) is 0. The van der Waals surface area contributed by atoms with E-state index in [0.717, 1.165) is 23.3 Å². The summed E-state index contributed by atoms with van der Waals surface area (Å²) in [6.07, 6.45) is 7.50. The normalized spacial score (nSPS) is 11.4. The summed E-state index contributed by atoms with van der Waals surface area (Å²) in [6, 6.07) is 30.2. The van der Waals surface area contributed by atoms with Crippen LogP contribution < -0.4 is 0 Å². The van der Waals surface area contributed by atoms with E-state index < -0.39 is 0 Å². The molecule has 148 valence electrons. The van der Waals surface area contributed by atoms with Crippen LogP contribution in [0.5, 0.6) is 0 Å². The second kappa shape index (κ2) is 7.26. The first-order chi connectivity index (χ1) is 15.3. The van der Waals surface area contributed by atoms with Gasteiger partial charge in [0.15, 0.2) is 0 Å². The van der Waals surface area contributed by atoms with Crippen LogP contribution in [0.4, 0.5) is 0 Å². The number of benzene rings is 4. The number of aromatic nitrogens is 4. The Morgan fingerprint density at radius 2 is 1.52 bits per heavy atom. The van der Waals surface area contributed by atoms with E-state index >= 15 is 0 Å². The highest BCUT2D eigenvalue weighted by Crippen LogP contribution is 2.27. The van der Waals surface area contributed by atoms with Crippen LogP contribution in [-0.2, 0) is 6.54 Å². The summed E-state index contributed by atoms with van der Waals surface area (Å²) in [6.45, 7) is 0.815. The first kappa shape index (κ1) is 17.7. The van der Waals surface area contributed by atoms with Gasteiger partial charge in [-0.2, -0.15) is 0 Å². The molecule has 4 heteroatoms. The summed E-state index contributed by atoms with van der Waals surface area (Å²) in [5.41, 5.74) is 7.02. The van der Waals surface area contributed by atoms with Crippen LogP contribution in [0.15, 0.2) is 110 Å². The summed E-state index contributed by atoms with van der Waals surface area (Å²) < 4.78 is 4.22. The van der Waals surface area contributed by atoms with Crippen molar-refractivity contribution in [1.29, 1.82) is 0 Å². The van der Waals surface area contributed by atoms with Crippen molar-refractivity contribution in [2.24, 2.45) is 0 Å². The molecule has 2 heterocycles. The van der Waals surface area contributed by atoms with E-state index in [9.17, 15) is 0 Å². The molecular formula is C27H20N4. The van der Waals surface area contributed by atoms with Gasteiger partial charge in [-0.1, -0.05) is 54.6 Å². The zero-order valence-corrected chi connectivity index (χ0v) is 16.9. The van der Waals surface area contributed by atoms with Gasteiger partial charge in [0, 0.05) is 24.6 Å². The molecule has 6 aromatic rings. The highest BCUT2D eigenvalue weighted by atomic mass is 15.0. The predicted octanol–water partition coefficient (Wildman–Crippen LogP) is 6.09. The molecule has 0 aliphatic rings. The molecule has 6 rings (SSSR count). The van der Waals surface area contributed by atoms with E-state index in [-0.39, 0.29) is 0 Å². The fourth-order valence-corrected chi connectivity index (χ4v) is 4.12. The quantitative estimate of drug-likeness (QED) is 0.359. The standard InChI is InChI=1S/C27H20N4/c1-2-4-27-26(3-1)29-19-31(27)17-20-5-7-21(8-6-20)22-9-10-24-16-25(12-11-23(24)15-22)30-14-13-28-18-30/h1-16,18-19H,17H2. The van der Waals surface area contributed by atoms with Crippen LogP contribution in [0.2, 0.25) is 0 Å². The molecule has 0 aliphatic carbocycles. The van der Waals surface area contributed by atoms with Gasteiger partial charge in [0.05, 0.1) is 23.7 Å². The zero-order chi connectivity index (χ0) is 20.6. The summed E-state index contributed by atoms with van der Waals surface area (Å²) in [4.78, 5) is 8.62. The third-order valence-corrected chi connectivity index (χ3v) is 5.79. The molecule has 0 spiro atoms. The maximum Gasteiger partial charge on any atom is 0.0991 e. The van der Waals surface area contributed by atoms with Crippen molar-refractivity contribution in [2.75, 3.05) is 0 Å². The smallest absolute Gasteiger partial charge is 0.0991 e. The summed E-state index contributed by atoms with van der Waals surface area (Å²) in [5, 5.41) is 2.45. The Hall–Kier alpha value is -4.18. The Labute approximate surface area is 180 Å². The Kier molecular flexibility index (Phi) is 4.13. The molecular weight excluding hydrogens is 380 g/mol. The topological polar surface area (TPSA) is 35.6 Å². The van der Waals surface area contributed by atoms with Crippen molar-refractivity contribution < 1.29 is 0 Å². The third kappa shape index (κ3) is 3.28. The van der Waals surface area contributed by atoms with Crippen molar-refractivity contribution in [3.8, 4) is 16.8 Å². The number of nitrogens with zero attached hydrogens (tertiary/aromatic N) is 4. The molecule has 0 saturated carbocycles. The van der Waals surface area contributed by atoms with Crippen LogP contribution in [-0.4, -0.2) is 19.1 Å². The highest BCUT2D eigenvalue weighted by molar-refractivity contribution is 5.88. The van der Waals surface area contributed by atoms with Crippen molar-refractivity contribution in [2.45, 2.75) is 6.54 Å². The second-order valence-electron chi connectivity index (χ2n) is 7.77. The maximum absolute atomic E-state index is 4.49. The molecule has 31 heavy (non-hydrogen) atoms. The van der Waals surface area contributed by atoms with Gasteiger partial charge in [-0.25, -0.2) is 9.97 Å². The van der Waals surface area contributed by atoms with Gasteiger partial charge in [0.2, 0.25) is 0 Å². The van der Waals surface area contributed by atoms with E-state index in [0.29, 0.717) is 0 Å². The molecule has 4 nitrogen and oxygen atoms in total. The molecule has 0 radical (unpaired) electrons. The molecule has 4 aromatic carbocycles. The minimum atomic E-state index is 0.815. The lowest BCUT2D eigenvalue weighted by atomic mass is 10.00. The van der Waals surface area contributed by atoms with E-state index in [2.05, 4.69) is 87.3 Å². The first-order valence-electron chi connectivity index (χ1n) is 10.3. The van der Waals surface area contributed by atoms with Crippen molar-refractivity contribution in [3.63, 3.8) is 0 Å². The average Bonchev–Trinajstić information content (AvgIpc) is 3.50. The second-order valence-corrected chi connectivity index (χ2v) is 7.77. The van der Waals surface area contributed by atoms with Crippen molar-refractivity contribution in [1.82, 2.24) is 19.1 Å². The minimum Gasteiger partial charge on any atom is -0.326 e. The maximum atomic E-state index is 4.49. The van der Waals surface area contributed by atoms with E-state index in [1.165, 1.54) is 27.5 Å². The number of hydrogen-bond donors (Lipinski definition) is 0. The molecule has 0 N–H and O–H groups in total. The fraction of sp³-hybridized carbons (Fsp3) is 0.0370. The Balaban J connectivity index is 1.27. The molecule has 0 unspecified atom stereocenters. The lowest BCUT2D eigenvalue weighted by Gasteiger charge is -2.09. The lowest BCUT2D eigenvalue weighted by molar-refractivity contribution is 0.825. The van der Waals surface area contributed by atoms with Gasteiger partial charge in [0.1, 0.15) is 0 Å². The van der Waals surface area contributed by atoms with Gasteiger partial charge < -0.3 is 9.13 Å². The summed E-state index contributed by atoms with van der Waals surface area (Å²) >= 11 is 0. The van der Waals surface area contributed by atoms with E-state index in [4.69, 9.17) is 0 Å². The third-order valence-electron chi connectivity index (χ3n) is 5.79. The lowest BCUT2D eigenvalue weighted by Crippen LogP contribution is -1.97. The Bertz CT molecular complexity index is 1490.